The Bertz CT molecular complexity index is 1290. The van der Waals surface area contributed by atoms with Crippen molar-refractivity contribution in [3.8, 4) is 0 Å². The Morgan fingerprint density at radius 2 is 1.47 bits per heavy atom. The molecule has 1 aliphatic heterocycles. The summed E-state index contributed by atoms with van der Waals surface area (Å²) in [4.78, 5) is 52.0. The molecule has 36 heavy (non-hydrogen) atoms. The molecule has 0 saturated carbocycles. The van der Waals surface area contributed by atoms with Gasteiger partial charge in [-0.3, -0.25) is 19.3 Å². The van der Waals surface area contributed by atoms with Crippen molar-refractivity contribution in [3.63, 3.8) is 0 Å². The minimum absolute atomic E-state index is 0.0552. The molecule has 7 nitrogen and oxygen atoms in total. The van der Waals surface area contributed by atoms with Crippen LogP contribution in [0.25, 0.3) is 0 Å². The quantitative estimate of drug-likeness (QED) is 0.393. The van der Waals surface area contributed by atoms with E-state index in [1.54, 1.807) is 42.5 Å². The van der Waals surface area contributed by atoms with Crippen molar-refractivity contribution < 1.29 is 37.1 Å². The minimum Gasteiger partial charge on any atom is -0.454 e. The number of fused-ring (bicyclic) bond motifs is 1. The maximum Gasteiger partial charge on any atom is 0.416 e. The summed E-state index contributed by atoms with van der Waals surface area (Å²) in [6.45, 7) is -0.830. The molecule has 3 aromatic rings. The van der Waals surface area contributed by atoms with E-state index < -0.39 is 48.1 Å². The lowest BCUT2D eigenvalue weighted by molar-refractivity contribution is -0.151. The van der Waals surface area contributed by atoms with Gasteiger partial charge in [-0.15, -0.1) is 0 Å². The zero-order chi connectivity index (χ0) is 25.9. The Morgan fingerprint density at radius 3 is 2.08 bits per heavy atom. The van der Waals surface area contributed by atoms with E-state index in [1.807, 2.05) is 0 Å². The largest absolute Gasteiger partial charge is 0.454 e. The molecule has 0 aromatic heterocycles. The zero-order valence-electron chi connectivity index (χ0n) is 18.6. The number of hydrogen-bond acceptors (Lipinski definition) is 5. The van der Waals surface area contributed by atoms with E-state index in [1.165, 1.54) is 18.2 Å². The number of hydrogen-bond donors (Lipinski definition) is 1. The Balaban J connectivity index is 1.49. The van der Waals surface area contributed by atoms with Gasteiger partial charge in [0.2, 0.25) is 0 Å². The summed E-state index contributed by atoms with van der Waals surface area (Å²) in [6.07, 6.45) is -4.65. The Hall–Kier alpha value is -4.47. The average Bonchev–Trinajstić information content (AvgIpc) is 3.11. The van der Waals surface area contributed by atoms with Gasteiger partial charge in [-0.1, -0.05) is 48.5 Å². The van der Waals surface area contributed by atoms with E-state index in [0.29, 0.717) is 5.56 Å². The van der Waals surface area contributed by atoms with E-state index in [4.69, 9.17) is 4.74 Å². The van der Waals surface area contributed by atoms with Crippen LogP contribution in [0.5, 0.6) is 0 Å². The normalized spacial score (nSPS) is 13.8. The van der Waals surface area contributed by atoms with E-state index in [-0.39, 0.29) is 23.2 Å². The molecule has 0 bridgehead atoms. The highest BCUT2D eigenvalue weighted by atomic mass is 19.4. The lowest BCUT2D eigenvalue weighted by atomic mass is 10.0. The van der Waals surface area contributed by atoms with Gasteiger partial charge in [0.25, 0.3) is 17.7 Å². The highest BCUT2D eigenvalue weighted by Gasteiger charge is 2.43. The van der Waals surface area contributed by atoms with Gasteiger partial charge in [0.1, 0.15) is 6.04 Å². The number of nitrogens with one attached hydrogen (secondary N) is 1. The predicted octanol–water partition coefficient (Wildman–Crippen LogP) is 4.09. The first-order chi connectivity index (χ1) is 17.1. The number of carbonyl (C=O) groups is 4. The van der Waals surface area contributed by atoms with Crippen molar-refractivity contribution in [3.05, 3.63) is 101 Å². The summed E-state index contributed by atoms with van der Waals surface area (Å²) in [7, 11) is 0. The second kappa shape index (κ2) is 10.0. The van der Waals surface area contributed by atoms with E-state index in [0.717, 1.165) is 23.1 Å². The lowest BCUT2D eigenvalue weighted by Gasteiger charge is -2.24. The number of esters is 1. The van der Waals surface area contributed by atoms with Gasteiger partial charge >= 0.3 is 12.1 Å². The van der Waals surface area contributed by atoms with Crippen molar-refractivity contribution in [1.29, 1.82) is 0 Å². The standard InChI is InChI=1S/C26H19F3N2O5/c27-26(28,29)17-9-6-10-18(14-17)30-22(32)15-36-25(35)21(13-16-7-2-1-3-8-16)31-23(33)19-11-4-5-12-20(19)24(31)34/h1-12,14,21H,13,15H2,(H,30,32)/t21-/m0/s1. The summed E-state index contributed by atoms with van der Waals surface area (Å²) in [5.41, 5.74) is -0.145. The number of imide groups is 1. The molecule has 0 saturated heterocycles. The van der Waals surface area contributed by atoms with Crippen LogP contribution < -0.4 is 5.32 Å². The molecule has 1 heterocycles. The Morgan fingerprint density at radius 1 is 0.861 bits per heavy atom. The topological polar surface area (TPSA) is 92.8 Å². The van der Waals surface area contributed by atoms with E-state index in [9.17, 15) is 32.3 Å². The zero-order valence-corrected chi connectivity index (χ0v) is 18.6. The highest BCUT2D eigenvalue weighted by Crippen LogP contribution is 2.31. The van der Waals surface area contributed by atoms with Gasteiger partial charge in [-0.05, 0) is 35.9 Å². The fourth-order valence-electron chi connectivity index (χ4n) is 3.81. The number of anilines is 1. The van der Waals surface area contributed by atoms with Crippen LogP contribution in [0.15, 0.2) is 78.9 Å². The van der Waals surface area contributed by atoms with Gasteiger partial charge in [0, 0.05) is 12.1 Å². The molecule has 10 heteroatoms. The van der Waals surface area contributed by atoms with Gasteiger partial charge < -0.3 is 10.1 Å². The number of halogens is 3. The number of alkyl halides is 3. The van der Waals surface area contributed by atoms with Gasteiger partial charge in [0.15, 0.2) is 6.61 Å². The number of benzene rings is 3. The van der Waals surface area contributed by atoms with Gasteiger partial charge in [-0.25, -0.2) is 4.79 Å². The third kappa shape index (κ3) is 5.27. The average molecular weight is 496 g/mol. The lowest BCUT2D eigenvalue weighted by Crippen LogP contribution is -2.47. The summed E-state index contributed by atoms with van der Waals surface area (Å²) in [6, 6.07) is 17.4. The van der Waals surface area contributed by atoms with Crippen LogP contribution in [0.3, 0.4) is 0 Å². The van der Waals surface area contributed by atoms with Crippen molar-refractivity contribution in [2.75, 3.05) is 11.9 Å². The molecule has 0 fully saturated rings. The summed E-state index contributed by atoms with van der Waals surface area (Å²) in [5.74, 6) is -3.22. The molecule has 1 N–H and O–H groups in total. The molecule has 1 atom stereocenters. The molecule has 3 aromatic carbocycles. The third-order valence-corrected chi connectivity index (χ3v) is 5.50. The van der Waals surface area contributed by atoms with Crippen molar-refractivity contribution in [2.24, 2.45) is 0 Å². The molecular weight excluding hydrogens is 477 g/mol. The van der Waals surface area contributed by atoms with Crippen LogP contribution in [0.1, 0.15) is 31.8 Å². The molecule has 0 aliphatic carbocycles. The number of rotatable bonds is 7. The van der Waals surface area contributed by atoms with Crippen LogP contribution >= 0.6 is 0 Å². The highest BCUT2D eigenvalue weighted by molar-refractivity contribution is 6.22. The van der Waals surface area contributed by atoms with Crippen molar-refractivity contribution in [1.82, 2.24) is 4.90 Å². The summed E-state index contributed by atoms with van der Waals surface area (Å²) < 4.78 is 43.8. The maximum absolute atomic E-state index is 13.0. The molecule has 184 valence electrons. The molecule has 0 spiro atoms. The van der Waals surface area contributed by atoms with E-state index in [2.05, 4.69) is 5.32 Å². The molecule has 1 aliphatic rings. The molecular formula is C26H19F3N2O5. The first-order valence-corrected chi connectivity index (χ1v) is 10.8. The molecule has 0 unspecified atom stereocenters. The number of ether oxygens (including phenoxy) is 1. The fourth-order valence-corrected chi connectivity index (χ4v) is 3.81. The van der Waals surface area contributed by atoms with E-state index >= 15 is 0 Å². The molecule has 3 amide bonds. The van der Waals surface area contributed by atoms with Crippen molar-refractivity contribution >= 4 is 29.4 Å². The monoisotopic (exact) mass is 496 g/mol. The van der Waals surface area contributed by atoms with Crippen LogP contribution in [-0.4, -0.2) is 41.2 Å². The first-order valence-electron chi connectivity index (χ1n) is 10.8. The minimum atomic E-state index is -4.59. The van der Waals surface area contributed by atoms with Crippen molar-refractivity contribution in [2.45, 2.75) is 18.6 Å². The predicted molar refractivity (Wildman–Crippen MR) is 122 cm³/mol. The summed E-state index contributed by atoms with van der Waals surface area (Å²) >= 11 is 0. The molecule has 0 radical (unpaired) electrons. The van der Waals surface area contributed by atoms with Gasteiger partial charge in [-0.2, -0.15) is 13.2 Å². The smallest absolute Gasteiger partial charge is 0.416 e. The third-order valence-electron chi connectivity index (χ3n) is 5.50. The fraction of sp³-hybridized carbons (Fsp3) is 0.154. The maximum atomic E-state index is 13.0. The van der Waals surface area contributed by atoms with Crippen LogP contribution in [-0.2, 0) is 26.9 Å². The Labute approximate surface area is 203 Å². The number of carbonyl (C=O) groups excluding carboxylic acids is 4. The second-order valence-corrected chi connectivity index (χ2v) is 7.97. The number of nitrogens with zero attached hydrogens (tertiary/aromatic N) is 1. The van der Waals surface area contributed by atoms with Crippen LogP contribution in [0, 0.1) is 0 Å². The number of amides is 3. The summed E-state index contributed by atoms with van der Waals surface area (Å²) in [5, 5.41) is 2.24. The molecule has 4 rings (SSSR count). The van der Waals surface area contributed by atoms with Crippen LogP contribution in [0.2, 0.25) is 0 Å². The second-order valence-electron chi connectivity index (χ2n) is 7.97. The SMILES string of the molecule is O=C(COC(=O)[C@H](Cc1ccccc1)N1C(=O)c2ccccc2C1=O)Nc1cccc(C(F)(F)F)c1. The van der Waals surface area contributed by atoms with Gasteiger partial charge in [0.05, 0.1) is 16.7 Å². The Kier molecular flexibility index (Phi) is 6.86. The van der Waals surface area contributed by atoms with Crippen LogP contribution in [0.4, 0.5) is 18.9 Å². The first kappa shape index (κ1) is 24.6.